The molecule has 14 heteroatoms. The van der Waals surface area contributed by atoms with Gasteiger partial charge in [0.2, 0.25) is 0 Å². The highest BCUT2D eigenvalue weighted by Crippen LogP contribution is 2.54. The highest BCUT2D eigenvalue weighted by atomic mass is 35.5. The van der Waals surface area contributed by atoms with Gasteiger partial charge in [-0.2, -0.15) is 9.60 Å². The molecule has 0 N–H and O–H groups in total. The van der Waals surface area contributed by atoms with E-state index in [0.717, 1.165) is 40.0 Å². The van der Waals surface area contributed by atoms with Gasteiger partial charge in [-0.3, -0.25) is 5.04 Å². The number of aryl methyl sites for hydroxylation is 2. The van der Waals surface area contributed by atoms with E-state index in [1.54, 1.807) is 24.3 Å². The Hall–Kier alpha value is -3.71. The van der Waals surface area contributed by atoms with Crippen LogP contribution in [0.1, 0.15) is 31.2 Å². The van der Waals surface area contributed by atoms with E-state index in [0.29, 0.717) is 59.7 Å². The molecule has 238 valence electrons. The smallest absolute Gasteiger partial charge is 0.303 e. The Morgan fingerprint density at radius 1 is 1.22 bits per heavy atom. The maximum atomic E-state index is 12.5. The third-order valence-electron chi connectivity index (χ3n) is 8.46. The van der Waals surface area contributed by atoms with Gasteiger partial charge in [0, 0.05) is 48.1 Å². The number of allylic oxidation sites excluding steroid dienone is 2. The summed E-state index contributed by atoms with van der Waals surface area (Å²) in [4.78, 5) is 0. The Labute approximate surface area is 275 Å². The predicted octanol–water partition coefficient (Wildman–Crippen LogP) is 4.93. The predicted molar refractivity (Wildman–Crippen MR) is 171 cm³/mol. The van der Waals surface area contributed by atoms with E-state index < -0.39 is 15.5 Å². The average Bonchev–Trinajstić information content (AvgIpc) is 3.51. The first-order valence-corrected chi connectivity index (χ1v) is 17.3. The van der Waals surface area contributed by atoms with Crippen LogP contribution in [-0.4, -0.2) is 35.2 Å². The average molecular weight is 681 g/mol. The first kappa shape index (κ1) is 32.2. The van der Waals surface area contributed by atoms with Gasteiger partial charge in [-0.25, -0.2) is 22.0 Å². The molecule has 2 atom stereocenters. The van der Waals surface area contributed by atoms with Crippen LogP contribution in [0.15, 0.2) is 78.7 Å². The van der Waals surface area contributed by atoms with E-state index in [4.69, 9.17) is 16.3 Å². The lowest BCUT2D eigenvalue weighted by atomic mass is 10.0. The zero-order valence-corrected chi connectivity index (χ0v) is 27.1. The van der Waals surface area contributed by atoms with Crippen molar-refractivity contribution in [3.63, 3.8) is 0 Å². The molecule has 46 heavy (non-hydrogen) atoms. The molecule has 6 rings (SSSR count). The number of quaternary nitrogens is 1. The number of benzene rings is 3. The van der Waals surface area contributed by atoms with E-state index >= 15 is 0 Å². The lowest BCUT2D eigenvalue weighted by molar-refractivity contribution is -0.777. The van der Waals surface area contributed by atoms with Crippen LogP contribution >= 0.6 is 23.6 Å². The third kappa shape index (κ3) is 5.72. The van der Waals surface area contributed by atoms with Crippen LogP contribution in [0.4, 0.5) is 5.69 Å². The highest BCUT2D eigenvalue weighted by molar-refractivity contribution is 7.94. The molecule has 0 amide bonds. The number of hydrogen-bond donors (Lipinski definition) is 0. The van der Waals surface area contributed by atoms with Crippen LogP contribution in [0.3, 0.4) is 0 Å². The normalized spacial score (nSPS) is 19.9. The van der Waals surface area contributed by atoms with E-state index in [1.165, 1.54) is 0 Å². The van der Waals surface area contributed by atoms with Crippen molar-refractivity contribution in [2.24, 2.45) is 0 Å². The molecule has 1 spiro atoms. The lowest BCUT2D eigenvalue weighted by Gasteiger charge is -2.47. The molecule has 2 aliphatic rings. The Kier molecular flexibility index (Phi) is 9.24. The van der Waals surface area contributed by atoms with Crippen LogP contribution in [0.25, 0.3) is 28.2 Å². The first-order valence-electron chi connectivity index (χ1n) is 14.6. The zero-order valence-electron chi connectivity index (χ0n) is 24.7. The maximum Gasteiger partial charge on any atom is 0.303 e. The summed E-state index contributed by atoms with van der Waals surface area (Å²) < 4.78 is 52.1. The van der Waals surface area contributed by atoms with Gasteiger partial charge in [0.1, 0.15) is 6.07 Å². The third-order valence-corrected chi connectivity index (χ3v) is 10.6. The number of ether oxygens (including phenoxy) is 1. The van der Waals surface area contributed by atoms with Crippen molar-refractivity contribution in [1.29, 1.82) is 5.26 Å². The second-order valence-corrected chi connectivity index (χ2v) is 13.6. The highest BCUT2D eigenvalue weighted by Gasteiger charge is 2.61. The molecule has 1 saturated heterocycles. The number of hydrogen-bond acceptors (Lipinski definition) is 9. The molecule has 2 aliphatic heterocycles. The fraction of sp³-hybridized carbons (Fsp3) is 0.250. The monoisotopic (exact) mass is 680 g/mol. The minimum absolute atomic E-state index is 0.205. The van der Waals surface area contributed by atoms with Crippen LogP contribution in [0.2, 0.25) is 5.02 Å². The molecule has 3 aromatic carbocycles. The number of halogens is 1. The minimum Gasteiger partial charge on any atom is -0.743 e. The van der Waals surface area contributed by atoms with Crippen molar-refractivity contribution in [3.8, 4) is 22.9 Å². The summed E-state index contributed by atoms with van der Waals surface area (Å²) in [6, 6.07) is 21.0. The summed E-state index contributed by atoms with van der Waals surface area (Å²) in [6.07, 6.45) is 6.19. The Bertz CT molecular complexity index is 2010. The fourth-order valence-electron chi connectivity index (χ4n) is 6.35. The number of nitrogens with zero attached hydrogens (tertiary/aromatic N) is 4. The fourth-order valence-corrected chi connectivity index (χ4v) is 8.06. The van der Waals surface area contributed by atoms with Crippen LogP contribution in [0, 0.1) is 11.3 Å². The summed E-state index contributed by atoms with van der Waals surface area (Å²) in [5.74, 6) is 2.11. The SMILES string of the molecule is CCn1c(/C=C/C=C2\Oc3ccc(-c4ccccc4)cc3[N+]23CCC3S(=O)(=O)[O-])[n+](CCCSOO[O-])c2cc(C#N)c(Cl)cc21. The van der Waals surface area contributed by atoms with E-state index in [1.807, 2.05) is 66.1 Å². The molecule has 4 aromatic rings. The molecule has 1 fully saturated rings. The summed E-state index contributed by atoms with van der Waals surface area (Å²) >= 11 is 7.31. The van der Waals surface area contributed by atoms with Crippen molar-refractivity contribution >= 4 is 56.6 Å². The summed E-state index contributed by atoms with van der Waals surface area (Å²) in [5.41, 5.74) is 4.45. The van der Waals surface area contributed by atoms with E-state index in [9.17, 15) is 23.5 Å². The molecule has 3 heterocycles. The Balaban J connectivity index is 1.42. The molecule has 2 unspecified atom stereocenters. The number of rotatable bonds is 11. The number of aromatic nitrogens is 2. The molecule has 11 nitrogen and oxygen atoms in total. The Morgan fingerprint density at radius 2 is 2.02 bits per heavy atom. The number of imidazole rings is 1. The second kappa shape index (κ2) is 13.2. The molecule has 0 bridgehead atoms. The maximum absolute atomic E-state index is 12.5. The van der Waals surface area contributed by atoms with Crippen molar-refractivity contribution in [3.05, 3.63) is 95.1 Å². The van der Waals surface area contributed by atoms with Gasteiger partial charge in [-0.15, -0.1) is 0 Å². The summed E-state index contributed by atoms with van der Waals surface area (Å²) in [6.45, 7) is 3.49. The van der Waals surface area contributed by atoms with Crippen LogP contribution in [-0.2, 0) is 32.6 Å². The minimum atomic E-state index is -4.66. The van der Waals surface area contributed by atoms with Crippen LogP contribution in [0.5, 0.6) is 5.75 Å². The summed E-state index contributed by atoms with van der Waals surface area (Å²) in [5, 5.41) is 22.4. The number of nitriles is 1. The molecular weight excluding hydrogens is 652 g/mol. The van der Waals surface area contributed by atoms with Gasteiger partial charge in [0.15, 0.2) is 38.0 Å². The van der Waals surface area contributed by atoms with Crippen LogP contribution < -0.4 is 19.0 Å². The topological polar surface area (TPSA) is 141 Å². The first-order chi connectivity index (χ1) is 22.2. The van der Waals surface area contributed by atoms with Crippen molar-refractivity contribution in [2.75, 3.05) is 12.3 Å². The molecule has 1 aromatic heterocycles. The van der Waals surface area contributed by atoms with Crippen molar-refractivity contribution in [1.82, 2.24) is 9.05 Å². The molecule has 0 radical (unpaired) electrons. The van der Waals surface area contributed by atoms with E-state index in [2.05, 4.69) is 20.0 Å². The number of fused-ring (bicyclic) bond motifs is 3. The van der Waals surface area contributed by atoms with Gasteiger partial charge in [-0.1, -0.05) is 48.0 Å². The zero-order chi connectivity index (χ0) is 32.5. The van der Waals surface area contributed by atoms with Gasteiger partial charge < -0.3 is 14.5 Å². The lowest BCUT2D eigenvalue weighted by Crippen LogP contribution is -2.67. The largest absolute Gasteiger partial charge is 0.743 e. The van der Waals surface area contributed by atoms with Crippen molar-refractivity contribution in [2.45, 2.75) is 38.2 Å². The van der Waals surface area contributed by atoms with Gasteiger partial charge in [0.05, 0.1) is 36.6 Å². The van der Waals surface area contributed by atoms with Gasteiger partial charge >= 0.3 is 5.88 Å². The quantitative estimate of drug-likeness (QED) is 0.0410. The van der Waals surface area contributed by atoms with E-state index in [-0.39, 0.29) is 10.9 Å². The molecular formula is C32H29ClN4O7S2. The molecule has 0 aliphatic carbocycles. The summed E-state index contributed by atoms with van der Waals surface area (Å²) in [7, 11) is -4.66. The van der Waals surface area contributed by atoms with Gasteiger partial charge in [-0.05, 0) is 36.6 Å². The molecule has 0 saturated carbocycles. The standard InChI is InChI=1S/C32H29ClN4O7S2/c1-2-35-27-20-25(33)24(21-34)18-26(27)36(15-7-17-45-44-43-38)30(35)10-6-11-31-37(16-14-32(37)46(39,40)41)28-19-23(12-13-29(28)42-31)22-8-4-3-5-9-22/h3-6,8-13,18-20,32H,2,7,14-17H2,1H3/b10-6+,31-11-. The Morgan fingerprint density at radius 3 is 2.70 bits per heavy atom. The second-order valence-electron chi connectivity index (χ2n) is 10.8. The van der Waals surface area contributed by atoms with Gasteiger partial charge in [0.25, 0.3) is 5.82 Å². The van der Waals surface area contributed by atoms with Crippen molar-refractivity contribution < 1.29 is 36.9 Å².